The van der Waals surface area contributed by atoms with Crippen molar-refractivity contribution in [3.05, 3.63) is 76.4 Å². The number of carbonyl (C=O) groups is 1. The molecule has 9 nitrogen and oxygen atoms in total. The standard InChI is InChI=1S/C21H16Cl2FN5O4S/c1-33-21(30)25-10-12-11-29(34(31,32)14-4-2-3-13(24)9-14)20-15(12)5-8-18(28-20)26-16-6-7-17(22)27-19(16)23/h2-9,11H,10H2,1H3,(H,25,30)(H,26,28). The Balaban J connectivity index is 1.83. The summed E-state index contributed by atoms with van der Waals surface area (Å²) in [5, 5.41) is 6.23. The molecule has 34 heavy (non-hydrogen) atoms. The summed E-state index contributed by atoms with van der Waals surface area (Å²) in [5.74, 6) is -0.440. The van der Waals surface area contributed by atoms with Gasteiger partial charge in [0, 0.05) is 18.1 Å². The van der Waals surface area contributed by atoms with Crippen LogP contribution in [0.25, 0.3) is 11.0 Å². The fourth-order valence-corrected chi connectivity index (χ4v) is 4.92. The van der Waals surface area contributed by atoms with Crippen LogP contribution in [-0.2, 0) is 21.3 Å². The monoisotopic (exact) mass is 523 g/mol. The summed E-state index contributed by atoms with van der Waals surface area (Å²) >= 11 is 11.9. The molecule has 3 aromatic heterocycles. The SMILES string of the molecule is COC(=O)NCc1cn(S(=O)(=O)c2cccc(F)c2)c2nc(Nc3ccc(Cl)nc3Cl)ccc12. The lowest BCUT2D eigenvalue weighted by molar-refractivity contribution is 0.170. The molecule has 0 unspecified atom stereocenters. The van der Waals surface area contributed by atoms with Crippen molar-refractivity contribution in [2.45, 2.75) is 11.4 Å². The predicted molar refractivity (Wildman–Crippen MR) is 126 cm³/mol. The number of nitrogens with zero attached hydrogens (tertiary/aromatic N) is 3. The number of alkyl carbamates (subject to hydrolysis) is 1. The minimum absolute atomic E-state index is 0.0315. The molecule has 0 saturated carbocycles. The molecule has 0 spiro atoms. The molecule has 0 aliphatic rings. The summed E-state index contributed by atoms with van der Waals surface area (Å²) in [6.45, 7) is -0.0315. The van der Waals surface area contributed by atoms with Crippen LogP contribution in [-0.4, -0.2) is 35.6 Å². The van der Waals surface area contributed by atoms with E-state index in [9.17, 15) is 17.6 Å². The van der Waals surface area contributed by atoms with Gasteiger partial charge in [0.2, 0.25) is 0 Å². The first-order valence-electron chi connectivity index (χ1n) is 9.62. The first-order chi connectivity index (χ1) is 16.2. The minimum Gasteiger partial charge on any atom is -0.453 e. The van der Waals surface area contributed by atoms with E-state index in [0.29, 0.717) is 16.6 Å². The molecule has 0 bridgehead atoms. The number of nitrogens with one attached hydrogen (secondary N) is 2. The second-order valence-electron chi connectivity index (χ2n) is 6.92. The van der Waals surface area contributed by atoms with Crippen LogP contribution in [0.5, 0.6) is 0 Å². The molecule has 1 aromatic carbocycles. The Morgan fingerprint density at radius 2 is 1.94 bits per heavy atom. The number of pyridine rings is 2. The van der Waals surface area contributed by atoms with Crippen LogP contribution < -0.4 is 10.6 Å². The van der Waals surface area contributed by atoms with Gasteiger partial charge in [-0.1, -0.05) is 29.3 Å². The highest BCUT2D eigenvalue weighted by Gasteiger charge is 2.23. The lowest BCUT2D eigenvalue weighted by Gasteiger charge is -2.10. The largest absolute Gasteiger partial charge is 0.453 e. The van der Waals surface area contributed by atoms with Crippen molar-refractivity contribution in [2.75, 3.05) is 12.4 Å². The Kier molecular flexibility index (Phi) is 6.60. The first-order valence-corrected chi connectivity index (χ1v) is 11.8. The van der Waals surface area contributed by atoms with Crippen LogP contribution in [0.2, 0.25) is 10.3 Å². The Hall–Kier alpha value is -3.41. The second kappa shape index (κ2) is 9.45. The van der Waals surface area contributed by atoms with Gasteiger partial charge in [0.15, 0.2) is 10.8 Å². The summed E-state index contributed by atoms with van der Waals surface area (Å²) in [7, 11) is -3.02. The van der Waals surface area contributed by atoms with Crippen molar-refractivity contribution >= 4 is 61.9 Å². The quantitative estimate of drug-likeness (QED) is 0.351. The van der Waals surface area contributed by atoms with E-state index in [1.165, 1.54) is 31.5 Å². The van der Waals surface area contributed by atoms with Gasteiger partial charge in [0.1, 0.15) is 16.8 Å². The van der Waals surface area contributed by atoms with Crippen molar-refractivity contribution in [3.63, 3.8) is 0 Å². The maximum Gasteiger partial charge on any atom is 0.407 e. The van der Waals surface area contributed by atoms with Crippen molar-refractivity contribution in [2.24, 2.45) is 0 Å². The van der Waals surface area contributed by atoms with E-state index in [4.69, 9.17) is 23.2 Å². The van der Waals surface area contributed by atoms with Crippen molar-refractivity contribution in [3.8, 4) is 0 Å². The number of hydrogen-bond acceptors (Lipinski definition) is 7. The van der Waals surface area contributed by atoms with E-state index in [2.05, 4.69) is 25.3 Å². The van der Waals surface area contributed by atoms with E-state index in [-0.39, 0.29) is 33.2 Å². The second-order valence-corrected chi connectivity index (χ2v) is 9.48. The molecule has 0 aliphatic heterocycles. The van der Waals surface area contributed by atoms with Gasteiger partial charge in [0.05, 0.1) is 17.7 Å². The van der Waals surface area contributed by atoms with Crippen LogP contribution in [0, 0.1) is 5.82 Å². The maximum atomic E-state index is 13.8. The normalized spacial score (nSPS) is 11.4. The molecule has 0 fully saturated rings. The average Bonchev–Trinajstić information content (AvgIpc) is 3.18. The summed E-state index contributed by atoms with van der Waals surface area (Å²) in [6, 6.07) is 11.0. The number of anilines is 2. The van der Waals surface area contributed by atoms with Crippen molar-refractivity contribution < 1.29 is 22.3 Å². The van der Waals surface area contributed by atoms with E-state index >= 15 is 0 Å². The Labute approximate surface area is 203 Å². The zero-order valence-corrected chi connectivity index (χ0v) is 19.7. The fourth-order valence-electron chi connectivity index (χ4n) is 3.16. The third kappa shape index (κ3) is 4.76. The molecule has 176 valence electrons. The van der Waals surface area contributed by atoms with Gasteiger partial charge in [-0.3, -0.25) is 0 Å². The van der Waals surface area contributed by atoms with E-state index in [0.717, 1.165) is 16.1 Å². The zero-order valence-electron chi connectivity index (χ0n) is 17.4. The zero-order chi connectivity index (χ0) is 24.5. The molecule has 2 N–H and O–H groups in total. The summed E-state index contributed by atoms with van der Waals surface area (Å²) in [6.07, 6.45) is 0.624. The number of methoxy groups -OCH3 is 1. The van der Waals surface area contributed by atoms with E-state index in [1.807, 2.05) is 0 Å². The van der Waals surface area contributed by atoms with Crippen LogP contribution >= 0.6 is 23.2 Å². The van der Waals surface area contributed by atoms with Gasteiger partial charge in [0.25, 0.3) is 10.0 Å². The predicted octanol–water partition coefficient (Wildman–Crippen LogP) is 4.71. The molecular weight excluding hydrogens is 508 g/mol. The molecule has 0 atom stereocenters. The number of aromatic nitrogens is 3. The van der Waals surface area contributed by atoms with Crippen LogP contribution in [0.1, 0.15) is 5.56 Å². The highest BCUT2D eigenvalue weighted by Crippen LogP contribution is 2.29. The number of benzene rings is 1. The van der Waals surface area contributed by atoms with Crippen LogP contribution in [0.4, 0.5) is 20.7 Å². The molecule has 1 amide bonds. The third-order valence-corrected chi connectivity index (χ3v) is 6.89. The molecular formula is C21H16Cl2FN5O4S. The average molecular weight is 524 g/mol. The summed E-state index contributed by atoms with van der Waals surface area (Å²) in [5.41, 5.74) is 0.899. The molecule has 3 heterocycles. The number of halogens is 3. The molecule has 4 aromatic rings. The molecule has 0 aliphatic carbocycles. The summed E-state index contributed by atoms with van der Waals surface area (Å²) < 4.78 is 46.0. The number of hydrogen-bond donors (Lipinski definition) is 2. The third-order valence-electron chi connectivity index (χ3n) is 4.74. The van der Waals surface area contributed by atoms with Crippen molar-refractivity contribution in [1.29, 1.82) is 0 Å². The molecule has 13 heteroatoms. The highest BCUT2D eigenvalue weighted by molar-refractivity contribution is 7.90. The first kappa shape index (κ1) is 23.7. The van der Waals surface area contributed by atoms with Gasteiger partial charge in [-0.25, -0.2) is 31.5 Å². The van der Waals surface area contributed by atoms with Gasteiger partial charge in [-0.05, 0) is 48.0 Å². The molecule has 0 radical (unpaired) electrons. The smallest absolute Gasteiger partial charge is 0.407 e. The van der Waals surface area contributed by atoms with Crippen LogP contribution in [0.3, 0.4) is 0 Å². The van der Waals surface area contributed by atoms with Gasteiger partial charge >= 0.3 is 6.09 Å². The Morgan fingerprint density at radius 3 is 2.65 bits per heavy atom. The lowest BCUT2D eigenvalue weighted by Crippen LogP contribution is -2.22. The van der Waals surface area contributed by atoms with E-state index < -0.39 is 21.9 Å². The number of ether oxygens (including phenoxy) is 1. The summed E-state index contributed by atoms with van der Waals surface area (Å²) in [4.78, 5) is 19.7. The Morgan fingerprint density at radius 1 is 1.15 bits per heavy atom. The number of rotatable bonds is 6. The molecule has 4 rings (SSSR count). The van der Waals surface area contributed by atoms with Gasteiger partial charge in [-0.2, -0.15) is 0 Å². The number of carbonyl (C=O) groups excluding carboxylic acids is 1. The Bertz CT molecular complexity index is 1510. The van der Waals surface area contributed by atoms with Gasteiger partial charge in [-0.15, -0.1) is 0 Å². The topological polar surface area (TPSA) is 115 Å². The highest BCUT2D eigenvalue weighted by atomic mass is 35.5. The molecule has 0 saturated heterocycles. The maximum absolute atomic E-state index is 13.8. The van der Waals surface area contributed by atoms with Crippen LogP contribution in [0.15, 0.2) is 59.6 Å². The fraction of sp³-hybridized carbons (Fsp3) is 0.0952. The minimum atomic E-state index is -4.23. The number of fused-ring (bicyclic) bond motifs is 1. The van der Waals surface area contributed by atoms with Gasteiger partial charge < -0.3 is 15.4 Å². The van der Waals surface area contributed by atoms with E-state index in [1.54, 1.807) is 18.2 Å². The lowest BCUT2D eigenvalue weighted by atomic mass is 10.2. The number of amides is 1. The van der Waals surface area contributed by atoms with Crippen molar-refractivity contribution in [1.82, 2.24) is 19.3 Å².